The van der Waals surface area contributed by atoms with Gasteiger partial charge in [0.15, 0.2) is 6.29 Å². The van der Waals surface area contributed by atoms with Gasteiger partial charge < -0.3 is 19.5 Å². The smallest absolute Gasteiger partial charge is 0.274 e. The molecule has 0 saturated carbocycles. The van der Waals surface area contributed by atoms with Crippen LogP contribution in [0.5, 0.6) is 11.5 Å². The summed E-state index contributed by atoms with van der Waals surface area (Å²) in [4.78, 5) is 34.5. The van der Waals surface area contributed by atoms with Crippen molar-refractivity contribution in [3.8, 4) is 11.5 Å². The van der Waals surface area contributed by atoms with E-state index in [1.54, 1.807) is 30.3 Å². The van der Waals surface area contributed by atoms with E-state index in [2.05, 4.69) is 9.97 Å². The van der Waals surface area contributed by atoms with Gasteiger partial charge in [0.25, 0.3) is 5.91 Å². The number of likely N-dealkylation sites (tertiary alicyclic amines) is 1. The van der Waals surface area contributed by atoms with E-state index >= 15 is 0 Å². The van der Waals surface area contributed by atoms with E-state index in [-0.39, 0.29) is 29.9 Å². The highest BCUT2D eigenvalue weighted by atomic mass is 16.5. The third kappa shape index (κ3) is 4.28. The van der Waals surface area contributed by atoms with Gasteiger partial charge in [-0.2, -0.15) is 0 Å². The molecule has 8 heteroatoms. The number of carbonyl (C=O) groups excluding carboxylic acids is 2. The van der Waals surface area contributed by atoms with E-state index in [1.807, 2.05) is 0 Å². The van der Waals surface area contributed by atoms with Gasteiger partial charge in [0.2, 0.25) is 0 Å². The summed E-state index contributed by atoms with van der Waals surface area (Å²) in [6.45, 7) is 1.29. The molecule has 0 radical (unpaired) electrons. The summed E-state index contributed by atoms with van der Waals surface area (Å²) in [5.41, 5.74) is 1.05. The van der Waals surface area contributed by atoms with Crippen molar-refractivity contribution in [2.45, 2.75) is 25.3 Å². The maximum Gasteiger partial charge on any atom is 0.274 e. The molecule has 0 aliphatic carbocycles. The molecule has 1 aliphatic heterocycles. The predicted molar refractivity (Wildman–Crippen MR) is 101 cm³/mol. The number of phenolic OH excluding ortho intramolecular Hbond substituents is 1. The summed E-state index contributed by atoms with van der Waals surface area (Å²) in [6, 6.07) is 4.51. The highest BCUT2D eigenvalue weighted by Gasteiger charge is 2.32. The standard InChI is InChI=1S/C20H23N3O5/c1-27-11-7-16-19(22-9-8-21-16)20(26)23-10-3-4-14(23)13-28-18-6-2-5-17(25)15(18)12-24/h2,5-6,8-9,12,14,25H,3-4,7,10-11,13H2,1H3/t14-/m0/s1. The van der Waals surface area contributed by atoms with Crippen LogP contribution in [0.4, 0.5) is 0 Å². The quantitative estimate of drug-likeness (QED) is 0.692. The average molecular weight is 385 g/mol. The molecule has 3 rings (SSSR count). The van der Waals surface area contributed by atoms with Crippen molar-refractivity contribution in [2.24, 2.45) is 0 Å². The number of carbonyl (C=O) groups is 2. The Hall–Kier alpha value is -3.00. The lowest BCUT2D eigenvalue weighted by atomic mass is 10.2. The third-order valence-electron chi connectivity index (χ3n) is 4.75. The van der Waals surface area contributed by atoms with Crippen molar-refractivity contribution in [1.82, 2.24) is 14.9 Å². The number of rotatable bonds is 8. The molecule has 28 heavy (non-hydrogen) atoms. The lowest BCUT2D eigenvalue weighted by Crippen LogP contribution is -2.40. The molecule has 1 atom stereocenters. The van der Waals surface area contributed by atoms with Gasteiger partial charge in [0, 0.05) is 32.5 Å². The summed E-state index contributed by atoms with van der Waals surface area (Å²) < 4.78 is 10.8. The highest BCUT2D eigenvalue weighted by Crippen LogP contribution is 2.27. The second kappa shape index (κ2) is 9.27. The van der Waals surface area contributed by atoms with Gasteiger partial charge in [-0.1, -0.05) is 6.07 Å². The van der Waals surface area contributed by atoms with Crippen LogP contribution in [0, 0.1) is 0 Å². The van der Waals surface area contributed by atoms with Crippen LogP contribution in [0.25, 0.3) is 0 Å². The minimum Gasteiger partial charge on any atom is -0.507 e. The van der Waals surface area contributed by atoms with Crippen LogP contribution in [0.2, 0.25) is 0 Å². The number of aromatic nitrogens is 2. The van der Waals surface area contributed by atoms with Crippen molar-refractivity contribution in [1.29, 1.82) is 0 Å². The SMILES string of the molecule is COCCc1nccnc1C(=O)N1CCC[C@H]1COc1cccc(O)c1C=O. The first kappa shape index (κ1) is 19.8. The van der Waals surface area contributed by atoms with Gasteiger partial charge in [0.1, 0.15) is 23.8 Å². The minimum absolute atomic E-state index is 0.106. The highest BCUT2D eigenvalue weighted by molar-refractivity contribution is 5.93. The van der Waals surface area contributed by atoms with Gasteiger partial charge in [-0.3, -0.25) is 14.6 Å². The third-order valence-corrected chi connectivity index (χ3v) is 4.75. The minimum atomic E-state index is -0.183. The van der Waals surface area contributed by atoms with Crippen LogP contribution in [0.3, 0.4) is 0 Å². The fraction of sp³-hybridized carbons (Fsp3) is 0.400. The molecule has 1 aliphatic rings. The van der Waals surface area contributed by atoms with Crippen LogP contribution in [-0.2, 0) is 11.2 Å². The van der Waals surface area contributed by atoms with E-state index in [1.165, 1.54) is 12.3 Å². The Morgan fingerprint density at radius 3 is 2.96 bits per heavy atom. The van der Waals surface area contributed by atoms with Gasteiger partial charge in [0.05, 0.1) is 23.9 Å². The molecule has 8 nitrogen and oxygen atoms in total. The molecule has 0 unspecified atom stereocenters. The molecule has 1 fully saturated rings. The van der Waals surface area contributed by atoms with Crippen LogP contribution in [-0.4, -0.2) is 65.1 Å². The fourth-order valence-electron chi connectivity index (χ4n) is 3.30. The molecular formula is C20H23N3O5. The van der Waals surface area contributed by atoms with Crippen molar-refractivity contribution in [3.63, 3.8) is 0 Å². The monoisotopic (exact) mass is 385 g/mol. The summed E-state index contributed by atoms with van der Waals surface area (Å²) >= 11 is 0. The van der Waals surface area contributed by atoms with Crippen LogP contribution < -0.4 is 4.74 Å². The molecule has 0 spiro atoms. The fourth-order valence-corrected chi connectivity index (χ4v) is 3.30. The molecule has 148 valence electrons. The van der Waals surface area contributed by atoms with E-state index in [0.29, 0.717) is 43.0 Å². The number of amides is 1. The zero-order valence-corrected chi connectivity index (χ0v) is 15.7. The van der Waals surface area contributed by atoms with Crippen LogP contribution in [0.1, 0.15) is 39.4 Å². The Balaban J connectivity index is 1.72. The number of phenols is 1. The maximum absolute atomic E-state index is 13.1. The number of hydrogen-bond donors (Lipinski definition) is 1. The topological polar surface area (TPSA) is 102 Å². The van der Waals surface area contributed by atoms with Crippen molar-refractivity contribution >= 4 is 12.2 Å². The van der Waals surface area contributed by atoms with Gasteiger partial charge >= 0.3 is 0 Å². The van der Waals surface area contributed by atoms with Crippen LogP contribution in [0.15, 0.2) is 30.6 Å². The zero-order valence-electron chi connectivity index (χ0n) is 15.7. The molecule has 2 aromatic rings. The Morgan fingerprint density at radius 1 is 1.36 bits per heavy atom. The van der Waals surface area contributed by atoms with E-state index in [0.717, 1.165) is 12.8 Å². The van der Waals surface area contributed by atoms with Crippen LogP contribution >= 0.6 is 0 Å². The van der Waals surface area contributed by atoms with Gasteiger partial charge in [-0.15, -0.1) is 0 Å². The summed E-state index contributed by atoms with van der Waals surface area (Å²) in [6.07, 6.45) is 5.78. The number of hydrogen-bond acceptors (Lipinski definition) is 7. The van der Waals surface area contributed by atoms with Gasteiger partial charge in [-0.05, 0) is 25.0 Å². The van der Waals surface area contributed by atoms with E-state index < -0.39 is 0 Å². The maximum atomic E-state index is 13.1. The molecule has 1 aromatic carbocycles. The predicted octanol–water partition coefficient (Wildman–Crippen LogP) is 1.87. The van der Waals surface area contributed by atoms with Crippen molar-refractivity contribution in [2.75, 3.05) is 26.9 Å². The second-order valence-corrected chi connectivity index (χ2v) is 6.51. The lowest BCUT2D eigenvalue weighted by molar-refractivity contribution is 0.0681. The van der Waals surface area contributed by atoms with Crippen molar-refractivity contribution in [3.05, 3.63) is 47.5 Å². The average Bonchev–Trinajstić information content (AvgIpc) is 3.19. The Bertz CT molecular complexity index is 842. The molecule has 1 aromatic heterocycles. The molecular weight excluding hydrogens is 362 g/mol. The number of nitrogens with zero attached hydrogens (tertiary/aromatic N) is 3. The Morgan fingerprint density at radius 2 is 2.18 bits per heavy atom. The summed E-state index contributed by atoms with van der Waals surface area (Å²) in [5.74, 6) is -0.0133. The van der Waals surface area contributed by atoms with Gasteiger partial charge in [-0.25, -0.2) is 4.98 Å². The first-order valence-electron chi connectivity index (χ1n) is 9.15. The summed E-state index contributed by atoms with van der Waals surface area (Å²) in [5, 5.41) is 9.77. The first-order chi connectivity index (χ1) is 13.7. The number of aromatic hydroxyl groups is 1. The Labute approximate surface area is 163 Å². The largest absolute Gasteiger partial charge is 0.507 e. The lowest BCUT2D eigenvalue weighted by Gasteiger charge is -2.25. The summed E-state index contributed by atoms with van der Waals surface area (Å²) in [7, 11) is 1.60. The second-order valence-electron chi connectivity index (χ2n) is 6.51. The van der Waals surface area contributed by atoms with E-state index in [4.69, 9.17) is 9.47 Å². The Kier molecular flexibility index (Phi) is 6.54. The first-order valence-corrected chi connectivity index (χ1v) is 9.15. The number of aldehydes is 1. The van der Waals surface area contributed by atoms with Crippen molar-refractivity contribution < 1.29 is 24.2 Å². The molecule has 1 saturated heterocycles. The molecule has 1 N–H and O–H groups in total. The number of benzene rings is 1. The molecule has 0 bridgehead atoms. The molecule has 2 heterocycles. The zero-order chi connectivity index (χ0) is 19.9. The number of ether oxygens (including phenoxy) is 2. The normalized spacial score (nSPS) is 16.2. The van der Waals surface area contributed by atoms with E-state index in [9.17, 15) is 14.7 Å². The molecule has 1 amide bonds. The number of methoxy groups -OCH3 is 1.